The molecule has 5 aromatic rings. The summed E-state index contributed by atoms with van der Waals surface area (Å²) in [5.41, 5.74) is 7.47. The molecule has 0 saturated heterocycles. The van der Waals surface area contributed by atoms with Gasteiger partial charge in [0.15, 0.2) is 0 Å². The lowest BCUT2D eigenvalue weighted by atomic mass is 9.98. The first-order valence-corrected chi connectivity index (χ1v) is 12.5. The lowest BCUT2D eigenvalue weighted by molar-refractivity contribution is 0.689. The fourth-order valence-corrected chi connectivity index (χ4v) is 4.81. The molecule has 0 aliphatic carbocycles. The van der Waals surface area contributed by atoms with Crippen molar-refractivity contribution < 1.29 is 0 Å². The van der Waals surface area contributed by atoms with Crippen LogP contribution in [0.1, 0.15) is 29.2 Å². The van der Waals surface area contributed by atoms with Gasteiger partial charge in [0.2, 0.25) is 5.95 Å². The monoisotopic (exact) mass is 518 g/mol. The van der Waals surface area contributed by atoms with Crippen LogP contribution in [0.15, 0.2) is 113 Å². The number of hydrogen-bond acceptors (Lipinski definition) is 4. The third kappa shape index (κ3) is 4.24. The average Bonchev–Trinajstić information content (AvgIpc) is 3.35. The van der Waals surface area contributed by atoms with Crippen molar-refractivity contribution in [2.45, 2.75) is 19.4 Å². The molecule has 1 aliphatic rings. The number of aromatic nitrogens is 2. The molecule has 0 radical (unpaired) electrons. The number of hydrogen-bond donors (Lipinski definition) is 0. The van der Waals surface area contributed by atoms with Gasteiger partial charge in [0.1, 0.15) is 0 Å². The van der Waals surface area contributed by atoms with Crippen LogP contribution in [-0.4, -0.2) is 15.7 Å². The molecule has 0 spiro atoms. The maximum atomic E-state index is 5.09. The summed E-state index contributed by atoms with van der Waals surface area (Å²) in [4.78, 5) is 10.1. The van der Waals surface area contributed by atoms with Gasteiger partial charge < -0.3 is 0 Å². The third-order valence-electron chi connectivity index (χ3n) is 6.39. The first kappa shape index (κ1) is 21.7. The van der Waals surface area contributed by atoms with Crippen molar-refractivity contribution in [1.29, 1.82) is 0 Å². The Bertz CT molecular complexity index is 1530. The van der Waals surface area contributed by atoms with E-state index in [1.165, 1.54) is 11.1 Å². The van der Waals surface area contributed by atoms with Crippen molar-refractivity contribution in [1.82, 2.24) is 9.97 Å². The van der Waals surface area contributed by atoms with Gasteiger partial charge in [0.05, 0.1) is 23.0 Å². The highest BCUT2D eigenvalue weighted by atomic mass is 79.9. The molecule has 0 fully saturated rings. The molecule has 0 unspecified atom stereocenters. The highest BCUT2D eigenvalue weighted by Gasteiger charge is 2.32. The van der Waals surface area contributed by atoms with Gasteiger partial charge in [-0.15, -0.1) is 0 Å². The summed E-state index contributed by atoms with van der Waals surface area (Å²) >= 11 is 3.57. The zero-order valence-electron chi connectivity index (χ0n) is 19.3. The predicted octanol–water partition coefficient (Wildman–Crippen LogP) is 7.72. The SMILES string of the molecule is Cc1ccc(C2=NN(c3nc(-c4ccccc4)c4ccccc4n3)[C@H](c3ccc(Br)cc3)C2)cc1. The quantitative estimate of drug-likeness (QED) is 0.244. The van der Waals surface area contributed by atoms with Crippen molar-refractivity contribution >= 4 is 38.5 Å². The van der Waals surface area contributed by atoms with Crippen molar-refractivity contribution in [3.63, 3.8) is 0 Å². The van der Waals surface area contributed by atoms with Crippen LogP contribution in [0.4, 0.5) is 5.95 Å². The summed E-state index contributed by atoms with van der Waals surface area (Å²) in [6.07, 6.45) is 0.779. The van der Waals surface area contributed by atoms with Crippen LogP contribution in [0, 0.1) is 6.92 Å². The van der Waals surface area contributed by atoms with Crippen LogP contribution in [0.5, 0.6) is 0 Å². The molecular weight excluding hydrogens is 496 g/mol. The normalized spacial score (nSPS) is 15.4. The fraction of sp³-hybridized carbons (Fsp3) is 0.100. The van der Waals surface area contributed by atoms with Crippen LogP contribution in [0.25, 0.3) is 22.2 Å². The second kappa shape index (κ2) is 9.08. The first-order valence-electron chi connectivity index (χ1n) is 11.7. The number of benzene rings is 4. The summed E-state index contributed by atoms with van der Waals surface area (Å²) < 4.78 is 1.05. The van der Waals surface area contributed by atoms with E-state index in [1.807, 2.05) is 41.4 Å². The molecule has 5 heteroatoms. The van der Waals surface area contributed by atoms with Gasteiger partial charge in [-0.25, -0.2) is 15.0 Å². The maximum absolute atomic E-state index is 5.09. The number of anilines is 1. The van der Waals surface area contributed by atoms with E-state index in [2.05, 4.69) is 89.6 Å². The number of rotatable bonds is 4. The Balaban J connectivity index is 1.52. The highest BCUT2D eigenvalue weighted by Crippen LogP contribution is 2.37. The zero-order valence-corrected chi connectivity index (χ0v) is 20.9. The van der Waals surface area contributed by atoms with Crippen molar-refractivity contribution in [2.24, 2.45) is 5.10 Å². The first-order chi connectivity index (χ1) is 17.2. The van der Waals surface area contributed by atoms with Gasteiger partial charge in [-0.3, -0.25) is 0 Å². The predicted molar refractivity (Wildman–Crippen MR) is 147 cm³/mol. The van der Waals surface area contributed by atoms with Crippen LogP contribution < -0.4 is 5.01 Å². The second-order valence-corrected chi connectivity index (χ2v) is 9.70. The summed E-state index contributed by atoms with van der Waals surface area (Å²) in [6.45, 7) is 2.10. The van der Waals surface area contributed by atoms with Crippen molar-refractivity contribution in [2.75, 3.05) is 5.01 Å². The second-order valence-electron chi connectivity index (χ2n) is 8.78. The van der Waals surface area contributed by atoms with E-state index in [0.717, 1.165) is 44.3 Å². The summed E-state index contributed by atoms with van der Waals surface area (Å²) in [5.74, 6) is 0.609. The molecule has 2 heterocycles. The topological polar surface area (TPSA) is 41.4 Å². The van der Waals surface area contributed by atoms with Crippen molar-refractivity contribution in [3.8, 4) is 11.3 Å². The number of fused-ring (bicyclic) bond motifs is 1. The standard InChI is InChI=1S/C30H23BrN4/c1-20-11-13-21(14-12-20)27-19-28(22-15-17-24(31)18-16-22)35(34-27)30-32-26-10-6-5-9-25(26)29(33-30)23-7-3-2-4-8-23/h2-18,28H,19H2,1H3/t28-/m0/s1. The summed E-state index contributed by atoms with van der Waals surface area (Å²) in [7, 11) is 0. The Morgan fingerprint density at radius 2 is 1.46 bits per heavy atom. The Hall–Kier alpha value is -3.83. The Morgan fingerprint density at radius 1 is 0.743 bits per heavy atom. The van der Waals surface area contributed by atoms with Crippen LogP contribution in [0.3, 0.4) is 0 Å². The smallest absolute Gasteiger partial charge is 0.223 e. The Labute approximate surface area is 213 Å². The lowest BCUT2D eigenvalue weighted by Gasteiger charge is -2.23. The fourth-order valence-electron chi connectivity index (χ4n) is 4.54. The molecule has 35 heavy (non-hydrogen) atoms. The molecule has 1 aromatic heterocycles. The van der Waals surface area contributed by atoms with Crippen LogP contribution in [0.2, 0.25) is 0 Å². The van der Waals surface area contributed by atoms with Gasteiger partial charge in [-0.1, -0.05) is 106 Å². The minimum Gasteiger partial charge on any atom is -0.223 e. The molecule has 1 aliphatic heterocycles. The van der Waals surface area contributed by atoms with E-state index < -0.39 is 0 Å². The van der Waals surface area contributed by atoms with E-state index in [1.54, 1.807) is 0 Å². The molecule has 4 nitrogen and oxygen atoms in total. The number of nitrogens with zero attached hydrogens (tertiary/aromatic N) is 4. The highest BCUT2D eigenvalue weighted by molar-refractivity contribution is 9.10. The average molecular weight is 519 g/mol. The van der Waals surface area contributed by atoms with Crippen molar-refractivity contribution in [3.05, 3.63) is 124 Å². The van der Waals surface area contributed by atoms with E-state index in [0.29, 0.717) is 5.95 Å². The van der Waals surface area contributed by atoms with E-state index in [9.17, 15) is 0 Å². The molecule has 0 N–H and O–H groups in total. The molecule has 4 aromatic carbocycles. The van der Waals surface area contributed by atoms with E-state index in [-0.39, 0.29) is 6.04 Å². The minimum absolute atomic E-state index is 0.00388. The van der Waals surface area contributed by atoms with E-state index in [4.69, 9.17) is 15.1 Å². The molecule has 170 valence electrons. The maximum Gasteiger partial charge on any atom is 0.247 e. The zero-order chi connectivity index (χ0) is 23.8. The third-order valence-corrected chi connectivity index (χ3v) is 6.92. The number of hydrazone groups is 1. The molecular formula is C30H23BrN4. The number of para-hydroxylation sites is 1. The Morgan fingerprint density at radius 3 is 2.23 bits per heavy atom. The van der Waals surface area contributed by atoms with E-state index >= 15 is 0 Å². The van der Waals surface area contributed by atoms with Gasteiger partial charge in [0, 0.05) is 21.8 Å². The molecule has 0 amide bonds. The van der Waals surface area contributed by atoms with Gasteiger partial charge >= 0.3 is 0 Å². The summed E-state index contributed by atoms with van der Waals surface area (Å²) in [5, 5.41) is 8.12. The number of halogens is 1. The van der Waals surface area contributed by atoms with Gasteiger partial charge in [-0.2, -0.15) is 5.10 Å². The molecule has 1 atom stereocenters. The largest absolute Gasteiger partial charge is 0.247 e. The van der Waals surface area contributed by atoms with Crippen LogP contribution in [-0.2, 0) is 0 Å². The summed E-state index contributed by atoms with van der Waals surface area (Å²) in [6, 6.07) is 35.5. The Kier molecular flexibility index (Phi) is 5.63. The molecule has 0 saturated carbocycles. The number of aryl methyl sites for hydroxylation is 1. The van der Waals surface area contributed by atoms with Gasteiger partial charge in [0.25, 0.3) is 0 Å². The van der Waals surface area contributed by atoms with Gasteiger partial charge in [-0.05, 0) is 36.2 Å². The van der Waals surface area contributed by atoms with Crippen LogP contribution >= 0.6 is 15.9 Å². The molecule has 0 bridgehead atoms. The lowest BCUT2D eigenvalue weighted by Crippen LogP contribution is -2.21. The molecule has 6 rings (SSSR count). The minimum atomic E-state index is 0.00388.